The predicted molar refractivity (Wildman–Crippen MR) is 119 cm³/mol. The Morgan fingerprint density at radius 3 is 2.70 bits per heavy atom. The molecule has 1 unspecified atom stereocenters. The van der Waals surface area contributed by atoms with Crippen LogP contribution in [0, 0.1) is 23.7 Å². The van der Waals surface area contributed by atoms with E-state index in [0.717, 1.165) is 25.7 Å². The number of fused-ring (bicyclic) bond motifs is 2. The van der Waals surface area contributed by atoms with E-state index in [1.165, 1.54) is 0 Å². The lowest BCUT2D eigenvalue weighted by atomic mass is 9.58. The maximum absolute atomic E-state index is 12.7. The fourth-order valence-corrected chi connectivity index (χ4v) is 6.43. The zero-order valence-corrected chi connectivity index (χ0v) is 20.1. The molecule has 4 saturated heterocycles. The Morgan fingerprint density at radius 1 is 1.18 bits per heavy atom. The van der Waals surface area contributed by atoms with Gasteiger partial charge in [-0.3, -0.25) is 4.79 Å². The molecule has 0 radical (unpaired) electrons. The summed E-state index contributed by atoms with van der Waals surface area (Å²) in [4.78, 5) is 24.6. The van der Waals surface area contributed by atoms with Gasteiger partial charge >= 0.3 is 5.97 Å². The summed E-state index contributed by atoms with van der Waals surface area (Å²) in [5.41, 5.74) is 0.0351. The number of benzene rings is 1. The summed E-state index contributed by atoms with van der Waals surface area (Å²) in [5, 5.41) is 11.0. The second-order valence-electron chi connectivity index (χ2n) is 10.4. The molecule has 182 valence electrons. The molecule has 2 bridgehead atoms. The van der Waals surface area contributed by atoms with Crippen LogP contribution >= 0.6 is 11.6 Å². The third kappa shape index (κ3) is 4.11. The average molecular weight is 481 g/mol. The van der Waals surface area contributed by atoms with Gasteiger partial charge < -0.3 is 19.3 Å². The zero-order valence-electron chi connectivity index (χ0n) is 19.4. The van der Waals surface area contributed by atoms with Gasteiger partial charge in [0.1, 0.15) is 0 Å². The lowest BCUT2D eigenvalue weighted by Gasteiger charge is -2.59. The summed E-state index contributed by atoms with van der Waals surface area (Å²) in [5.74, 6) is -0.512. The molecule has 7 nitrogen and oxygen atoms in total. The Balaban J connectivity index is 1.27. The summed E-state index contributed by atoms with van der Waals surface area (Å²) < 4.78 is 18.4. The van der Waals surface area contributed by atoms with Crippen LogP contribution in [0.4, 0.5) is 0 Å². The number of halogens is 1. The molecule has 8 heteroatoms. The van der Waals surface area contributed by atoms with E-state index in [9.17, 15) is 9.90 Å². The first-order chi connectivity index (χ1) is 15.7. The predicted octanol–water partition coefficient (Wildman–Crippen LogP) is 4.90. The molecule has 0 amide bonds. The van der Waals surface area contributed by atoms with Crippen molar-refractivity contribution in [2.24, 2.45) is 23.7 Å². The molecule has 1 aliphatic carbocycles. The van der Waals surface area contributed by atoms with E-state index in [4.69, 9.17) is 35.6 Å². The van der Waals surface area contributed by atoms with Crippen LogP contribution in [0.5, 0.6) is 0 Å². The number of carbonyl (C=O) groups excluding carboxylic acids is 1. The minimum absolute atomic E-state index is 0.0731. The van der Waals surface area contributed by atoms with E-state index in [0.29, 0.717) is 16.5 Å². The Kier molecular flexibility index (Phi) is 6.25. The standard InChI is InChI=1S/C25H33ClO7/c1-14-4-9-19-15(2)22(29-21(28)11-10-20(27)16-5-7-17(26)8-6-16)30-23-25(19)18(14)12-13-24(3,31-23)32-33-25/h5-8,14-15,18-20,22-23,27H,4,9-13H2,1-3H3/t14-,15-,18+,19+,20?,22+,23-,24-,25-/m1/s1. The molecule has 6 rings (SSSR count). The fraction of sp³-hybridized carbons (Fsp3) is 0.720. The molecule has 9 atom stereocenters. The second-order valence-corrected chi connectivity index (χ2v) is 10.8. The van der Waals surface area contributed by atoms with E-state index in [2.05, 4.69) is 6.92 Å². The second kappa shape index (κ2) is 8.77. The van der Waals surface area contributed by atoms with Gasteiger partial charge in [-0.05, 0) is 62.1 Å². The number of esters is 1. The van der Waals surface area contributed by atoms with Crippen molar-refractivity contribution in [3.05, 3.63) is 34.9 Å². The Labute approximate surface area is 199 Å². The van der Waals surface area contributed by atoms with Gasteiger partial charge in [0.2, 0.25) is 12.1 Å². The molecule has 5 fully saturated rings. The van der Waals surface area contributed by atoms with Gasteiger partial charge in [0.25, 0.3) is 0 Å². The van der Waals surface area contributed by atoms with Crippen LogP contribution in [-0.2, 0) is 28.8 Å². The van der Waals surface area contributed by atoms with Gasteiger partial charge in [-0.15, -0.1) is 0 Å². The number of carbonyl (C=O) groups is 1. The van der Waals surface area contributed by atoms with Crippen molar-refractivity contribution >= 4 is 17.6 Å². The first kappa shape index (κ1) is 23.5. The molecule has 33 heavy (non-hydrogen) atoms. The van der Waals surface area contributed by atoms with Crippen LogP contribution in [0.15, 0.2) is 24.3 Å². The normalized spacial score (nSPS) is 42.8. The smallest absolute Gasteiger partial charge is 0.308 e. The minimum Gasteiger partial charge on any atom is -0.435 e. The van der Waals surface area contributed by atoms with Gasteiger partial charge in [0.15, 0.2) is 11.9 Å². The maximum atomic E-state index is 12.7. The highest BCUT2D eigenvalue weighted by atomic mass is 35.5. The lowest BCUT2D eigenvalue weighted by molar-refractivity contribution is -0.576. The van der Waals surface area contributed by atoms with Gasteiger partial charge in [-0.25, -0.2) is 9.78 Å². The highest BCUT2D eigenvalue weighted by Crippen LogP contribution is 2.60. The molecule has 0 aromatic heterocycles. The third-order valence-electron chi connectivity index (χ3n) is 8.22. The van der Waals surface area contributed by atoms with Gasteiger partial charge in [0, 0.05) is 29.7 Å². The molecule has 5 aliphatic rings. The first-order valence-electron chi connectivity index (χ1n) is 12.0. The number of aliphatic hydroxyl groups excluding tert-OH is 1. The van der Waals surface area contributed by atoms with E-state index in [1.54, 1.807) is 24.3 Å². The fourth-order valence-electron chi connectivity index (χ4n) is 6.30. The minimum atomic E-state index is -0.866. The van der Waals surface area contributed by atoms with Crippen LogP contribution < -0.4 is 0 Å². The number of rotatable bonds is 5. The number of hydrogen-bond acceptors (Lipinski definition) is 7. The summed E-state index contributed by atoms with van der Waals surface area (Å²) in [7, 11) is 0. The highest BCUT2D eigenvalue weighted by Gasteiger charge is 2.69. The molecule has 1 N–H and O–H groups in total. The molecular formula is C25H33ClO7. The molecule has 4 heterocycles. The van der Waals surface area contributed by atoms with Crippen molar-refractivity contribution in [3.63, 3.8) is 0 Å². The van der Waals surface area contributed by atoms with Crippen LogP contribution in [-0.4, -0.2) is 35.0 Å². The summed E-state index contributed by atoms with van der Waals surface area (Å²) in [6.07, 6.45) is 1.89. The number of ether oxygens (including phenoxy) is 3. The maximum Gasteiger partial charge on any atom is 0.308 e. The van der Waals surface area contributed by atoms with Crippen molar-refractivity contribution in [3.8, 4) is 0 Å². The summed E-state index contributed by atoms with van der Waals surface area (Å²) in [6.45, 7) is 6.18. The van der Waals surface area contributed by atoms with Crippen molar-refractivity contribution in [2.75, 3.05) is 0 Å². The van der Waals surface area contributed by atoms with E-state index in [1.807, 2.05) is 13.8 Å². The van der Waals surface area contributed by atoms with Gasteiger partial charge in [0.05, 0.1) is 6.10 Å². The van der Waals surface area contributed by atoms with Crippen LogP contribution in [0.25, 0.3) is 0 Å². The molecule has 4 aliphatic heterocycles. The van der Waals surface area contributed by atoms with Crippen molar-refractivity contribution in [1.29, 1.82) is 0 Å². The van der Waals surface area contributed by atoms with E-state index < -0.39 is 36.0 Å². The summed E-state index contributed by atoms with van der Waals surface area (Å²) >= 11 is 5.90. The first-order valence-corrected chi connectivity index (χ1v) is 12.4. The van der Waals surface area contributed by atoms with Crippen LogP contribution in [0.2, 0.25) is 5.02 Å². The summed E-state index contributed by atoms with van der Waals surface area (Å²) in [6, 6.07) is 6.95. The third-order valence-corrected chi connectivity index (χ3v) is 8.47. The van der Waals surface area contributed by atoms with Crippen molar-refractivity contribution in [2.45, 2.75) is 89.4 Å². The Bertz CT molecular complexity index is 878. The van der Waals surface area contributed by atoms with Crippen molar-refractivity contribution in [1.82, 2.24) is 0 Å². The van der Waals surface area contributed by atoms with Crippen LogP contribution in [0.1, 0.15) is 71.0 Å². The van der Waals surface area contributed by atoms with Crippen molar-refractivity contribution < 1.29 is 33.9 Å². The lowest BCUT2D eigenvalue weighted by Crippen LogP contribution is -2.70. The molecule has 1 spiro atoms. The van der Waals surface area contributed by atoms with Gasteiger partial charge in [-0.1, -0.05) is 37.6 Å². The Morgan fingerprint density at radius 2 is 1.94 bits per heavy atom. The SMILES string of the molecule is C[C@H]1[C@@H](OC(=O)CCC(O)c2ccc(Cl)cc2)O[C@@H]2O[C@@]3(C)CC[C@H]4[C@H](C)CC[C@@H]1[C@@]24OO3. The van der Waals surface area contributed by atoms with Crippen LogP contribution in [0.3, 0.4) is 0 Å². The molecular weight excluding hydrogens is 448 g/mol. The molecule has 1 aromatic carbocycles. The average Bonchev–Trinajstić information content (AvgIpc) is 3.02. The highest BCUT2D eigenvalue weighted by molar-refractivity contribution is 6.30. The topological polar surface area (TPSA) is 83.5 Å². The Hall–Kier alpha value is -1.22. The molecule has 1 saturated carbocycles. The largest absolute Gasteiger partial charge is 0.435 e. The van der Waals surface area contributed by atoms with E-state index in [-0.39, 0.29) is 30.6 Å². The quantitative estimate of drug-likeness (QED) is 0.473. The van der Waals surface area contributed by atoms with E-state index >= 15 is 0 Å². The molecule has 1 aromatic rings. The zero-order chi connectivity index (χ0) is 23.4. The number of aliphatic hydroxyl groups is 1. The van der Waals surface area contributed by atoms with Gasteiger partial charge in [-0.2, -0.15) is 0 Å². The number of hydrogen-bond donors (Lipinski definition) is 1. The monoisotopic (exact) mass is 480 g/mol.